The van der Waals surface area contributed by atoms with E-state index in [-0.39, 0.29) is 0 Å². The van der Waals surface area contributed by atoms with E-state index in [1.165, 1.54) is 0 Å². The second-order valence-corrected chi connectivity index (χ2v) is 7.24. The van der Waals surface area contributed by atoms with Gasteiger partial charge in [0.15, 0.2) is 5.84 Å². The number of nitrogens with zero attached hydrogens (tertiary/aromatic N) is 2. The molecule has 0 aromatic heterocycles. The van der Waals surface area contributed by atoms with E-state index < -0.39 is 0 Å². The van der Waals surface area contributed by atoms with Gasteiger partial charge in [0.25, 0.3) is 0 Å². The van der Waals surface area contributed by atoms with Gasteiger partial charge in [-0.2, -0.15) is 5.10 Å². The highest BCUT2D eigenvalue weighted by Crippen LogP contribution is 2.30. The lowest BCUT2D eigenvalue weighted by Gasteiger charge is -2.11. The number of amidine groups is 1. The highest BCUT2D eigenvalue weighted by atomic mass is 16.5. The minimum atomic E-state index is 0.603. The standard InChI is InChI=1S/C26H27N3O2/c1-3-5-17-31-21-13-11-19(12-14-21)25-23-18-22(30-4-2)15-16-24(23)27-26(29-28-25)20-9-7-6-8-10-20/h6-16,18H,3-5,17H2,1-2H3,(H,27,29). The molecule has 0 unspecified atom stereocenters. The van der Waals surface area contributed by atoms with Crippen LogP contribution in [0.4, 0.5) is 5.69 Å². The Bertz CT molecular complexity index is 1070. The van der Waals surface area contributed by atoms with E-state index >= 15 is 0 Å². The van der Waals surface area contributed by atoms with Crippen LogP contribution in [0.3, 0.4) is 0 Å². The fraction of sp³-hybridized carbons (Fsp3) is 0.231. The van der Waals surface area contributed by atoms with Gasteiger partial charge in [-0.05, 0) is 55.8 Å². The second kappa shape index (κ2) is 9.94. The fourth-order valence-corrected chi connectivity index (χ4v) is 3.36. The SMILES string of the molecule is CCCCOc1ccc(C2=NNC(c3ccccc3)=Nc3ccc(OCC)cc32)cc1. The molecule has 0 spiro atoms. The number of unbranched alkanes of at least 4 members (excludes halogenated alkanes) is 1. The molecule has 1 aliphatic rings. The lowest BCUT2D eigenvalue weighted by atomic mass is 10.0. The first-order valence-corrected chi connectivity index (χ1v) is 10.8. The molecule has 3 aromatic carbocycles. The minimum Gasteiger partial charge on any atom is -0.494 e. The Labute approximate surface area is 183 Å². The topological polar surface area (TPSA) is 55.2 Å². The van der Waals surface area contributed by atoms with E-state index in [0.29, 0.717) is 12.4 Å². The molecule has 1 N–H and O–H groups in total. The zero-order chi connectivity index (χ0) is 21.5. The van der Waals surface area contributed by atoms with E-state index in [1.54, 1.807) is 0 Å². The summed E-state index contributed by atoms with van der Waals surface area (Å²) < 4.78 is 11.5. The number of nitrogens with one attached hydrogen (secondary N) is 1. The molecule has 1 aliphatic heterocycles. The quantitative estimate of drug-likeness (QED) is 0.482. The van der Waals surface area contributed by atoms with Crippen LogP contribution in [0.25, 0.3) is 0 Å². The Balaban J connectivity index is 1.71. The molecule has 0 saturated heterocycles. The van der Waals surface area contributed by atoms with E-state index in [9.17, 15) is 0 Å². The maximum absolute atomic E-state index is 5.81. The largest absolute Gasteiger partial charge is 0.494 e. The van der Waals surface area contributed by atoms with E-state index in [0.717, 1.165) is 59.0 Å². The maximum Gasteiger partial charge on any atom is 0.154 e. The summed E-state index contributed by atoms with van der Waals surface area (Å²) in [5, 5.41) is 4.74. The molecule has 1 heterocycles. The van der Waals surface area contributed by atoms with Gasteiger partial charge in [0.1, 0.15) is 17.2 Å². The molecule has 0 fully saturated rings. The molecule has 5 nitrogen and oxygen atoms in total. The Morgan fingerprint density at radius 2 is 1.58 bits per heavy atom. The number of hydrazone groups is 1. The average Bonchev–Trinajstić information content (AvgIpc) is 3.00. The summed E-state index contributed by atoms with van der Waals surface area (Å²) >= 11 is 0. The van der Waals surface area contributed by atoms with Crippen molar-refractivity contribution in [2.45, 2.75) is 26.7 Å². The highest BCUT2D eigenvalue weighted by molar-refractivity contribution is 6.18. The molecular formula is C26H27N3O2. The number of rotatable bonds is 8. The van der Waals surface area contributed by atoms with Crippen molar-refractivity contribution >= 4 is 17.2 Å². The predicted octanol–water partition coefficient (Wildman–Crippen LogP) is 5.70. The van der Waals surface area contributed by atoms with E-state index in [4.69, 9.17) is 19.6 Å². The minimum absolute atomic E-state index is 0.603. The van der Waals surface area contributed by atoms with Gasteiger partial charge in [0, 0.05) is 16.7 Å². The van der Waals surface area contributed by atoms with Crippen molar-refractivity contribution < 1.29 is 9.47 Å². The molecule has 31 heavy (non-hydrogen) atoms. The molecule has 0 saturated carbocycles. The van der Waals surface area contributed by atoms with Crippen LogP contribution in [0.5, 0.6) is 11.5 Å². The molecule has 158 valence electrons. The Morgan fingerprint density at radius 3 is 2.32 bits per heavy atom. The van der Waals surface area contributed by atoms with Crippen molar-refractivity contribution in [1.29, 1.82) is 0 Å². The normalized spacial score (nSPS) is 12.7. The third kappa shape index (κ3) is 4.94. The zero-order valence-electron chi connectivity index (χ0n) is 18.0. The number of ether oxygens (including phenoxy) is 2. The maximum atomic E-state index is 5.81. The van der Waals surface area contributed by atoms with Crippen molar-refractivity contribution in [2.24, 2.45) is 10.1 Å². The molecule has 0 atom stereocenters. The Morgan fingerprint density at radius 1 is 0.806 bits per heavy atom. The first-order valence-electron chi connectivity index (χ1n) is 10.8. The van der Waals surface area contributed by atoms with Crippen LogP contribution in [-0.4, -0.2) is 24.8 Å². The van der Waals surface area contributed by atoms with Gasteiger partial charge >= 0.3 is 0 Å². The summed E-state index contributed by atoms with van der Waals surface area (Å²) in [4.78, 5) is 4.86. The lowest BCUT2D eigenvalue weighted by molar-refractivity contribution is 0.309. The fourth-order valence-electron chi connectivity index (χ4n) is 3.36. The van der Waals surface area contributed by atoms with Gasteiger partial charge in [-0.1, -0.05) is 43.7 Å². The van der Waals surface area contributed by atoms with Crippen LogP contribution in [0.2, 0.25) is 0 Å². The van der Waals surface area contributed by atoms with Crippen LogP contribution >= 0.6 is 0 Å². The number of hydrogen-bond acceptors (Lipinski definition) is 5. The van der Waals surface area contributed by atoms with Crippen molar-refractivity contribution in [2.75, 3.05) is 13.2 Å². The molecule has 4 rings (SSSR count). The van der Waals surface area contributed by atoms with Crippen molar-refractivity contribution in [3.63, 3.8) is 0 Å². The van der Waals surface area contributed by atoms with Gasteiger partial charge < -0.3 is 9.47 Å². The Kier molecular flexibility index (Phi) is 6.62. The number of hydrogen-bond donors (Lipinski definition) is 1. The van der Waals surface area contributed by atoms with Crippen LogP contribution < -0.4 is 14.9 Å². The molecule has 0 amide bonds. The summed E-state index contributed by atoms with van der Waals surface area (Å²) in [6.07, 6.45) is 2.16. The Hall–Kier alpha value is -3.60. The van der Waals surface area contributed by atoms with Crippen molar-refractivity contribution in [3.8, 4) is 11.5 Å². The van der Waals surface area contributed by atoms with Gasteiger partial charge in [-0.3, -0.25) is 5.43 Å². The van der Waals surface area contributed by atoms with Crippen molar-refractivity contribution in [1.82, 2.24) is 5.43 Å². The van der Waals surface area contributed by atoms with E-state index in [2.05, 4.69) is 12.3 Å². The molecule has 5 heteroatoms. The van der Waals surface area contributed by atoms with Crippen LogP contribution in [0.1, 0.15) is 43.4 Å². The molecular weight excluding hydrogens is 386 g/mol. The number of aliphatic imine (C=N–C) groups is 1. The number of benzene rings is 3. The smallest absolute Gasteiger partial charge is 0.154 e. The monoisotopic (exact) mass is 413 g/mol. The molecule has 3 aromatic rings. The molecule has 0 aliphatic carbocycles. The lowest BCUT2D eigenvalue weighted by Crippen LogP contribution is -2.19. The summed E-state index contributed by atoms with van der Waals surface area (Å²) in [5.41, 5.74) is 7.70. The first kappa shape index (κ1) is 20.7. The van der Waals surface area contributed by atoms with Gasteiger partial charge in [0.2, 0.25) is 0 Å². The van der Waals surface area contributed by atoms with Gasteiger partial charge in [-0.15, -0.1) is 0 Å². The van der Waals surface area contributed by atoms with Crippen molar-refractivity contribution in [3.05, 3.63) is 89.5 Å². The summed E-state index contributed by atoms with van der Waals surface area (Å²) in [7, 11) is 0. The van der Waals surface area contributed by atoms with Crippen LogP contribution in [0.15, 0.2) is 82.9 Å². The van der Waals surface area contributed by atoms with Gasteiger partial charge in [0.05, 0.1) is 18.9 Å². The third-order valence-electron chi connectivity index (χ3n) is 4.98. The zero-order valence-corrected chi connectivity index (χ0v) is 18.0. The summed E-state index contributed by atoms with van der Waals surface area (Å²) in [6.45, 7) is 5.47. The summed E-state index contributed by atoms with van der Waals surface area (Å²) in [6, 6.07) is 24.0. The van der Waals surface area contributed by atoms with Crippen LogP contribution in [-0.2, 0) is 0 Å². The average molecular weight is 414 g/mol. The van der Waals surface area contributed by atoms with E-state index in [1.807, 2.05) is 79.7 Å². The summed E-state index contributed by atoms with van der Waals surface area (Å²) in [5.74, 6) is 2.37. The second-order valence-electron chi connectivity index (χ2n) is 7.24. The molecule has 0 radical (unpaired) electrons. The molecule has 0 bridgehead atoms. The highest BCUT2D eigenvalue weighted by Gasteiger charge is 2.18. The van der Waals surface area contributed by atoms with Gasteiger partial charge in [-0.25, -0.2) is 4.99 Å². The van der Waals surface area contributed by atoms with Crippen LogP contribution in [0, 0.1) is 0 Å². The number of fused-ring (bicyclic) bond motifs is 1. The first-order chi connectivity index (χ1) is 15.3. The predicted molar refractivity (Wildman–Crippen MR) is 126 cm³/mol. The third-order valence-corrected chi connectivity index (χ3v) is 4.98.